The number of pyridine rings is 1. The van der Waals surface area contributed by atoms with Crippen molar-refractivity contribution in [3.8, 4) is 11.1 Å². The summed E-state index contributed by atoms with van der Waals surface area (Å²) >= 11 is 0. The van der Waals surface area contributed by atoms with Crippen LogP contribution in [0.25, 0.3) is 11.1 Å². The second kappa shape index (κ2) is 9.02. The molecule has 0 spiro atoms. The van der Waals surface area contributed by atoms with Gasteiger partial charge in [0.2, 0.25) is 0 Å². The number of nitrogens with two attached hydrogens (primary N) is 2. The van der Waals surface area contributed by atoms with E-state index in [2.05, 4.69) is 26.2 Å². The SMILES string of the molecule is CNC(=O)c1cc(-c2ccc(CN3CCC(N4CCCC4)CC3)c(N)c2)cnc1N. The van der Waals surface area contributed by atoms with Crippen LogP contribution in [0.1, 0.15) is 41.6 Å². The highest BCUT2D eigenvalue weighted by Gasteiger charge is 2.26. The van der Waals surface area contributed by atoms with Crippen molar-refractivity contribution in [3.63, 3.8) is 0 Å². The van der Waals surface area contributed by atoms with Crippen molar-refractivity contribution in [1.82, 2.24) is 20.1 Å². The molecule has 2 aliphatic heterocycles. The number of nitrogens with one attached hydrogen (secondary N) is 1. The van der Waals surface area contributed by atoms with E-state index in [0.717, 1.165) is 48.1 Å². The zero-order valence-corrected chi connectivity index (χ0v) is 17.7. The smallest absolute Gasteiger partial charge is 0.254 e. The maximum atomic E-state index is 12.0. The molecule has 2 aliphatic rings. The number of carbonyl (C=O) groups excluding carboxylic acids is 1. The van der Waals surface area contributed by atoms with E-state index in [0.29, 0.717) is 5.56 Å². The van der Waals surface area contributed by atoms with Gasteiger partial charge in [0.15, 0.2) is 0 Å². The Bertz CT molecular complexity index is 901. The summed E-state index contributed by atoms with van der Waals surface area (Å²) in [5, 5.41) is 2.60. The lowest BCUT2D eigenvalue weighted by molar-refractivity contribution is 0.0963. The van der Waals surface area contributed by atoms with Gasteiger partial charge in [-0.15, -0.1) is 0 Å². The fourth-order valence-corrected chi connectivity index (χ4v) is 4.66. The van der Waals surface area contributed by atoms with Crippen LogP contribution in [0.4, 0.5) is 11.5 Å². The normalized spacial score (nSPS) is 18.6. The van der Waals surface area contributed by atoms with Crippen LogP contribution in [0.15, 0.2) is 30.5 Å². The number of piperidine rings is 1. The highest BCUT2D eigenvalue weighted by Crippen LogP contribution is 2.28. The molecule has 5 N–H and O–H groups in total. The minimum absolute atomic E-state index is 0.222. The monoisotopic (exact) mass is 408 g/mol. The Morgan fingerprint density at radius 3 is 2.50 bits per heavy atom. The largest absolute Gasteiger partial charge is 0.398 e. The predicted molar refractivity (Wildman–Crippen MR) is 121 cm³/mol. The minimum atomic E-state index is -0.247. The Morgan fingerprint density at radius 1 is 1.10 bits per heavy atom. The first kappa shape index (κ1) is 20.6. The summed E-state index contributed by atoms with van der Waals surface area (Å²) in [6, 6.07) is 8.62. The Morgan fingerprint density at radius 2 is 1.83 bits per heavy atom. The number of amides is 1. The number of hydrogen-bond acceptors (Lipinski definition) is 6. The van der Waals surface area contributed by atoms with Gasteiger partial charge < -0.3 is 21.7 Å². The lowest BCUT2D eigenvalue weighted by atomic mass is 10.00. The molecular weight excluding hydrogens is 376 g/mol. The molecule has 0 aliphatic carbocycles. The maximum absolute atomic E-state index is 12.0. The molecule has 3 heterocycles. The summed E-state index contributed by atoms with van der Waals surface area (Å²) < 4.78 is 0. The lowest BCUT2D eigenvalue weighted by Gasteiger charge is -2.36. The number of hydrogen-bond donors (Lipinski definition) is 3. The third-order valence-corrected chi connectivity index (χ3v) is 6.48. The number of aromatic nitrogens is 1. The topological polar surface area (TPSA) is 101 Å². The van der Waals surface area contributed by atoms with Crippen LogP contribution in [0.5, 0.6) is 0 Å². The molecule has 1 aromatic carbocycles. The van der Waals surface area contributed by atoms with Crippen LogP contribution in [0.2, 0.25) is 0 Å². The van der Waals surface area contributed by atoms with E-state index >= 15 is 0 Å². The van der Waals surface area contributed by atoms with E-state index in [1.54, 1.807) is 19.3 Å². The van der Waals surface area contributed by atoms with Crippen molar-refractivity contribution < 1.29 is 4.79 Å². The standard InChI is InChI=1S/C23H32N6O/c1-26-23(30)20-12-18(14-27-22(20)25)16-4-5-17(21(24)13-16)15-28-10-6-19(7-11-28)29-8-2-3-9-29/h4-5,12-14,19H,2-3,6-11,15,24H2,1H3,(H2,25,27)(H,26,30). The molecule has 7 heteroatoms. The van der Waals surface area contributed by atoms with E-state index in [9.17, 15) is 4.79 Å². The number of benzene rings is 1. The molecule has 2 fully saturated rings. The molecule has 0 atom stereocenters. The Kier molecular flexibility index (Phi) is 6.20. The van der Waals surface area contributed by atoms with Gasteiger partial charge in [-0.3, -0.25) is 9.69 Å². The molecule has 1 aromatic heterocycles. The van der Waals surface area contributed by atoms with Gasteiger partial charge in [0.25, 0.3) is 5.91 Å². The van der Waals surface area contributed by atoms with Gasteiger partial charge in [0, 0.05) is 37.1 Å². The average Bonchev–Trinajstić information content (AvgIpc) is 3.30. The molecule has 160 valence electrons. The molecule has 0 unspecified atom stereocenters. The highest BCUT2D eigenvalue weighted by molar-refractivity contribution is 5.99. The van der Waals surface area contributed by atoms with Crippen LogP contribution in [0, 0.1) is 0 Å². The molecule has 4 rings (SSSR count). The van der Waals surface area contributed by atoms with E-state index in [4.69, 9.17) is 11.5 Å². The van der Waals surface area contributed by atoms with Crippen molar-refractivity contribution in [2.75, 3.05) is 44.7 Å². The summed E-state index contributed by atoms with van der Waals surface area (Å²) in [5.41, 5.74) is 16.3. The van der Waals surface area contributed by atoms with Gasteiger partial charge in [-0.05, 0) is 75.1 Å². The molecular formula is C23H32N6O. The molecule has 0 saturated carbocycles. The van der Waals surface area contributed by atoms with Gasteiger partial charge in [-0.1, -0.05) is 12.1 Å². The zero-order valence-electron chi connectivity index (χ0n) is 17.7. The summed E-state index contributed by atoms with van der Waals surface area (Å²) in [6.45, 7) is 5.68. The van der Waals surface area contributed by atoms with Crippen LogP contribution in [-0.4, -0.2) is 60.0 Å². The molecule has 2 saturated heterocycles. The summed E-state index contributed by atoms with van der Waals surface area (Å²) in [6.07, 6.45) is 6.89. The van der Waals surface area contributed by atoms with Crippen molar-refractivity contribution in [3.05, 3.63) is 41.6 Å². The first-order chi connectivity index (χ1) is 14.5. The molecule has 30 heavy (non-hydrogen) atoms. The average molecular weight is 409 g/mol. The third-order valence-electron chi connectivity index (χ3n) is 6.48. The minimum Gasteiger partial charge on any atom is -0.398 e. The van der Waals surface area contributed by atoms with Crippen molar-refractivity contribution in [2.24, 2.45) is 0 Å². The summed E-state index contributed by atoms with van der Waals surface area (Å²) in [4.78, 5) is 21.4. The third kappa shape index (κ3) is 4.42. The number of carbonyl (C=O) groups is 1. The fraction of sp³-hybridized carbons (Fsp3) is 0.478. The van der Waals surface area contributed by atoms with Crippen LogP contribution < -0.4 is 16.8 Å². The van der Waals surface area contributed by atoms with Gasteiger partial charge in [0.05, 0.1) is 5.56 Å². The van der Waals surface area contributed by atoms with E-state index in [1.807, 2.05) is 12.1 Å². The quantitative estimate of drug-likeness (QED) is 0.657. The van der Waals surface area contributed by atoms with Gasteiger partial charge in [-0.25, -0.2) is 4.98 Å². The van der Waals surface area contributed by atoms with Gasteiger partial charge in [-0.2, -0.15) is 0 Å². The van der Waals surface area contributed by atoms with E-state index in [-0.39, 0.29) is 11.7 Å². The summed E-state index contributed by atoms with van der Waals surface area (Å²) in [5.74, 6) is -0.0243. The van der Waals surface area contributed by atoms with Crippen LogP contribution in [-0.2, 0) is 6.54 Å². The Labute approximate surface area is 178 Å². The van der Waals surface area contributed by atoms with Crippen LogP contribution >= 0.6 is 0 Å². The fourth-order valence-electron chi connectivity index (χ4n) is 4.66. The number of anilines is 2. The second-order valence-corrected chi connectivity index (χ2v) is 8.40. The predicted octanol–water partition coefficient (Wildman–Crippen LogP) is 2.33. The Balaban J connectivity index is 1.42. The molecule has 2 aromatic rings. The zero-order chi connectivity index (χ0) is 21.1. The number of likely N-dealkylation sites (tertiary alicyclic amines) is 2. The first-order valence-corrected chi connectivity index (χ1v) is 10.9. The van der Waals surface area contributed by atoms with Crippen molar-refractivity contribution in [1.29, 1.82) is 0 Å². The maximum Gasteiger partial charge on any atom is 0.254 e. The summed E-state index contributed by atoms with van der Waals surface area (Å²) in [7, 11) is 1.58. The first-order valence-electron chi connectivity index (χ1n) is 10.9. The Hall–Kier alpha value is -2.64. The number of nitrogen functional groups attached to an aromatic ring is 2. The van der Waals surface area contributed by atoms with Gasteiger partial charge in [0.1, 0.15) is 5.82 Å². The number of rotatable bonds is 5. The lowest BCUT2D eigenvalue weighted by Crippen LogP contribution is -2.43. The van der Waals surface area contributed by atoms with Crippen LogP contribution in [0.3, 0.4) is 0 Å². The van der Waals surface area contributed by atoms with Gasteiger partial charge >= 0.3 is 0 Å². The highest BCUT2D eigenvalue weighted by atomic mass is 16.1. The molecule has 7 nitrogen and oxygen atoms in total. The number of nitrogens with zero attached hydrogens (tertiary/aromatic N) is 3. The van der Waals surface area contributed by atoms with Crippen molar-refractivity contribution in [2.45, 2.75) is 38.3 Å². The van der Waals surface area contributed by atoms with E-state index in [1.165, 1.54) is 38.8 Å². The van der Waals surface area contributed by atoms with Crippen molar-refractivity contribution >= 4 is 17.4 Å². The van der Waals surface area contributed by atoms with E-state index < -0.39 is 0 Å². The second-order valence-electron chi connectivity index (χ2n) is 8.40. The molecule has 1 amide bonds. The molecule has 0 radical (unpaired) electrons. The molecule has 0 bridgehead atoms.